The Bertz CT molecular complexity index is 1540. The van der Waals surface area contributed by atoms with Crippen molar-refractivity contribution in [1.82, 2.24) is 9.97 Å². The minimum Gasteiger partial charge on any atom is -0.423 e. The highest BCUT2D eigenvalue weighted by molar-refractivity contribution is 7.93. The number of nitrogens with zero attached hydrogens (tertiary/aromatic N) is 3. The van der Waals surface area contributed by atoms with Crippen molar-refractivity contribution in [3.05, 3.63) is 113 Å². The van der Waals surface area contributed by atoms with Crippen LogP contribution in [0.1, 0.15) is 43.0 Å². The van der Waals surface area contributed by atoms with E-state index in [1.165, 1.54) is 48.9 Å². The fourth-order valence-corrected chi connectivity index (χ4v) is 5.93. The maximum Gasteiger partial charge on any atom is 0.345 e. The third kappa shape index (κ3) is 5.12. The van der Waals surface area contributed by atoms with E-state index in [-0.39, 0.29) is 27.5 Å². The van der Waals surface area contributed by atoms with Crippen LogP contribution in [0.4, 0.5) is 5.69 Å². The van der Waals surface area contributed by atoms with Crippen LogP contribution in [0.2, 0.25) is 0 Å². The summed E-state index contributed by atoms with van der Waals surface area (Å²) in [6.07, 6.45) is 5.74. The Kier molecular flexibility index (Phi) is 7.17. The highest BCUT2D eigenvalue weighted by atomic mass is 32.2. The van der Waals surface area contributed by atoms with Crippen molar-refractivity contribution in [3.8, 4) is 5.75 Å². The molecular formula is C28H25N3O5S. The van der Waals surface area contributed by atoms with E-state index in [9.17, 15) is 18.0 Å². The average Bonchev–Trinajstić information content (AvgIpc) is 2.89. The van der Waals surface area contributed by atoms with E-state index >= 15 is 0 Å². The van der Waals surface area contributed by atoms with Gasteiger partial charge in [0.2, 0.25) is 0 Å². The molecule has 37 heavy (non-hydrogen) atoms. The van der Waals surface area contributed by atoms with Crippen LogP contribution in [0.15, 0.2) is 84.3 Å². The van der Waals surface area contributed by atoms with Crippen molar-refractivity contribution >= 4 is 27.6 Å². The first-order valence-electron chi connectivity index (χ1n) is 11.4. The molecule has 1 amide bonds. The highest BCUT2D eigenvalue weighted by Gasteiger charge is 2.35. The molecule has 2 aromatic heterocycles. The van der Waals surface area contributed by atoms with Gasteiger partial charge in [-0.1, -0.05) is 6.07 Å². The standard InChI is InChI=1S/C28H25N3O5S/c1-18-15-19(2)21(4)26(20(18)3)37(34,35)31(27(32)22-7-5-13-29-16-22)24-9-11-25(12-10-24)36-28(33)23-8-6-14-30-17-23/h5-17H,1-4H3. The van der Waals surface area contributed by atoms with Crippen molar-refractivity contribution in [1.29, 1.82) is 0 Å². The number of sulfonamides is 1. The number of anilines is 1. The van der Waals surface area contributed by atoms with Gasteiger partial charge in [0.25, 0.3) is 15.9 Å². The smallest absolute Gasteiger partial charge is 0.345 e. The lowest BCUT2D eigenvalue weighted by Crippen LogP contribution is -2.38. The number of aromatic nitrogens is 2. The molecule has 9 heteroatoms. The number of rotatable bonds is 6. The lowest BCUT2D eigenvalue weighted by molar-refractivity contribution is 0.0734. The first kappa shape index (κ1) is 25.7. The van der Waals surface area contributed by atoms with Crippen LogP contribution in [0, 0.1) is 27.7 Å². The summed E-state index contributed by atoms with van der Waals surface area (Å²) >= 11 is 0. The topological polar surface area (TPSA) is 107 Å². The van der Waals surface area contributed by atoms with Crippen LogP contribution >= 0.6 is 0 Å². The molecule has 4 aromatic rings. The molecule has 0 spiro atoms. The molecule has 0 unspecified atom stereocenters. The molecule has 0 saturated carbocycles. The molecular weight excluding hydrogens is 490 g/mol. The van der Waals surface area contributed by atoms with E-state index in [1.54, 1.807) is 38.2 Å². The molecule has 0 radical (unpaired) electrons. The predicted octanol–water partition coefficient (Wildman–Crippen LogP) is 4.97. The quantitative estimate of drug-likeness (QED) is 0.264. The zero-order valence-corrected chi connectivity index (χ0v) is 21.6. The lowest BCUT2D eigenvalue weighted by Gasteiger charge is -2.26. The fourth-order valence-electron chi connectivity index (χ4n) is 3.93. The molecule has 4 rings (SSSR count). The monoisotopic (exact) mass is 515 g/mol. The molecule has 0 atom stereocenters. The van der Waals surface area contributed by atoms with E-state index < -0.39 is 21.9 Å². The zero-order valence-electron chi connectivity index (χ0n) is 20.8. The number of pyridine rings is 2. The number of ether oxygens (including phenoxy) is 1. The maximum absolute atomic E-state index is 14.1. The first-order chi connectivity index (χ1) is 17.6. The van der Waals surface area contributed by atoms with Crippen LogP contribution < -0.4 is 9.04 Å². The number of carbonyl (C=O) groups excluding carboxylic acids is 2. The Morgan fingerprint density at radius 2 is 1.32 bits per heavy atom. The molecule has 0 bridgehead atoms. The van der Waals surface area contributed by atoms with Gasteiger partial charge in [0.1, 0.15) is 5.75 Å². The second kappa shape index (κ2) is 10.3. The number of esters is 1. The average molecular weight is 516 g/mol. The summed E-state index contributed by atoms with van der Waals surface area (Å²) in [6, 6.07) is 13.9. The number of hydrogen-bond donors (Lipinski definition) is 0. The molecule has 0 aliphatic heterocycles. The van der Waals surface area contributed by atoms with Crippen LogP contribution in [0.25, 0.3) is 0 Å². The molecule has 0 aliphatic rings. The van der Waals surface area contributed by atoms with Crippen molar-refractivity contribution in [2.45, 2.75) is 32.6 Å². The van der Waals surface area contributed by atoms with Gasteiger partial charge in [-0.15, -0.1) is 0 Å². The summed E-state index contributed by atoms with van der Waals surface area (Å²) in [4.78, 5) is 33.9. The van der Waals surface area contributed by atoms with Gasteiger partial charge in [0.15, 0.2) is 0 Å². The van der Waals surface area contributed by atoms with Gasteiger partial charge in [-0.3, -0.25) is 14.8 Å². The molecule has 188 valence electrons. The van der Waals surface area contributed by atoms with Gasteiger partial charge in [-0.25, -0.2) is 13.2 Å². The maximum atomic E-state index is 14.1. The summed E-state index contributed by atoms with van der Waals surface area (Å²) in [5.41, 5.74) is 3.19. The number of benzene rings is 2. The number of carbonyl (C=O) groups is 2. The van der Waals surface area contributed by atoms with E-state index in [1.807, 2.05) is 19.9 Å². The minimum atomic E-state index is -4.35. The summed E-state index contributed by atoms with van der Waals surface area (Å²) in [5, 5.41) is 0. The number of aryl methyl sites for hydroxylation is 2. The predicted molar refractivity (Wildman–Crippen MR) is 139 cm³/mol. The molecule has 8 nitrogen and oxygen atoms in total. The summed E-state index contributed by atoms with van der Waals surface area (Å²) < 4.78 is 34.4. The van der Waals surface area contributed by atoms with Gasteiger partial charge in [0.05, 0.1) is 21.7 Å². The Morgan fingerprint density at radius 1 is 0.784 bits per heavy atom. The summed E-state index contributed by atoms with van der Waals surface area (Å²) in [7, 11) is -4.35. The van der Waals surface area contributed by atoms with E-state index in [0.29, 0.717) is 11.1 Å². The lowest BCUT2D eigenvalue weighted by atomic mass is 10.0. The summed E-state index contributed by atoms with van der Waals surface area (Å²) in [6.45, 7) is 7.11. The van der Waals surface area contributed by atoms with Crippen molar-refractivity contribution < 1.29 is 22.7 Å². The molecule has 0 fully saturated rings. The molecule has 0 aliphatic carbocycles. The Balaban J connectivity index is 1.79. The Labute approximate surface area is 215 Å². The normalized spacial score (nSPS) is 11.1. The number of hydrogen-bond acceptors (Lipinski definition) is 7. The highest BCUT2D eigenvalue weighted by Crippen LogP contribution is 2.33. The minimum absolute atomic E-state index is 0.0781. The Hall–Kier alpha value is -4.37. The molecule has 2 heterocycles. The van der Waals surface area contributed by atoms with Gasteiger partial charge >= 0.3 is 5.97 Å². The second-order valence-electron chi connectivity index (χ2n) is 8.53. The SMILES string of the molecule is Cc1cc(C)c(C)c(S(=O)(=O)N(C(=O)c2cccnc2)c2ccc(OC(=O)c3cccnc3)cc2)c1C. The van der Waals surface area contributed by atoms with Crippen LogP contribution in [0.5, 0.6) is 5.75 Å². The zero-order chi connectivity index (χ0) is 26.7. The third-order valence-corrected chi connectivity index (χ3v) is 8.05. The molecule has 2 aromatic carbocycles. The second-order valence-corrected chi connectivity index (χ2v) is 10.3. The van der Waals surface area contributed by atoms with Crippen LogP contribution in [0.3, 0.4) is 0 Å². The third-order valence-electron chi connectivity index (χ3n) is 6.07. The van der Waals surface area contributed by atoms with Gasteiger partial charge < -0.3 is 4.74 Å². The van der Waals surface area contributed by atoms with E-state index in [2.05, 4.69) is 9.97 Å². The van der Waals surface area contributed by atoms with E-state index in [4.69, 9.17) is 4.74 Å². The van der Waals surface area contributed by atoms with Gasteiger partial charge in [-0.2, -0.15) is 4.31 Å². The fraction of sp³-hybridized carbons (Fsp3) is 0.143. The molecule has 0 N–H and O–H groups in total. The van der Waals surface area contributed by atoms with Gasteiger partial charge in [0, 0.05) is 24.8 Å². The summed E-state index contributed by atoms with van der Waals surface area (Å²) in [5.74, 6) is -1.19. The largest absolute Gasteiger partial charge is 0.423 e. The van der Waals surface area contributed by atoms with Crippen molar-refractivity contribution in [2.75, 3.05) is 4.31 Å². The van der Waals surface area contributed by atoms with Crippen LogP contribution in [-0.2, 0) is 10.0 Å². The van der Waals surface area contributed by atoms with E-state index in [0.717, 1.165) is 15.4 Å². The Morgan fingerprint density at radius 3 is 1.84 bits per heavy atom. The van der Waals surface area contributed by atoms with Gasteiger partial charge in [-0.05, 0) is 98.5 Å². The van der Waals surface area contributed by atoms with Crippen LogP contribution in [-0.4, -0.2) is 30.3 Å². The first-order valence-corrected chi connectivity index (χ1v) is 12.8. The van der Waals surface area contributed by atoms with Crippen molar-refractivity contribution in [3.63, 3.8) is 0 Å². The van der Waals surface area contributed by atoms with Crippen molar-refractivity contribution in [2.24, 2.45) is 0 Å². The molecule has 0 saturated heterocycles. The number of amides is 1.